The number of nitrogens with zero attached hydrogens (tertiary/aromatic N) is 1. The number of nitrogens with one attached hydrogen (secondary N) is 2. The van der Waals surface area contributed by atoms with Crippen LogP contribution in [0.25, 0.3) is 17.0 Å². The summed E-state index contributed by atoms with van der Waals surface area (Å²) in [6, 6.07) is 11.3. The fraction of sp³-hybridized carbons (Fsp3) is 0.190. The van der Waals surface area contributed by atoms with E-state index in [1.165, 1.54) is 16.7 Å². The van der Waals surface area contributed by atoms with Crippen LogP contribution >= 0.6 is 35.3 Å². The molecule has 1 aliphatic heterocycles. The van der Waals surface area contributed by atoms with E-state index in [-0.39, 0.29) is 11.8 Å². The molecule has 1 aromatic carbocycles. The van der Waals surface area contributed by atoms with Crippen molar-refractivity contribution in [2.24, 2.45) is 0 Å². The van der Waals surface area contributed by atoms with Gasteiger partial charge in [-0.2, -0.15) is 0 Å². The van der Waals surface area contributed by atoms with E-state index in [0.717, 1.165) is 21.3 Å². The van der Waals surface area contributed by atoms with Crippen molar-refractivity contribution in [3.8, 4) is 0 Å². The molecule has 148 valence electrons. The molecule has 0 aliphatic carbocycles. The predicted octanol–water partition coefficient (Wildman–Crippen LogP) is 4.18. The fourth-order valence-electron chi connectivity index (χ4n) is 3.24. The molecule has 3 aromatic rings. The number of thioether (sulfide) groups is 1. The molecule has 5 nitrogen and oxygen atoms in total. The van der Waals surface area contributed by atoms with Crippen LogP contribution in [0.5, 0.6) is 0 Å². The van der Waals surface area contributed by atoms with Gasteiger partial charge in [-0.15, -0.1) is 11.3 Å². The van der Waals surface area contributed by atoms with Crippen molar-refractivity contribution < 1.29 is 9.59 Å². The van der Waals surface area contributed by atoms with Crippen LogP contribution in [-0.2, 0) is 16.0 Å². The zero-order valence-corrected chi connectivity index (χ0v) is 18.1. The molecule has 4 rings (SSSR count). The Balaban J connectivity index is 1.37. The quantitative estimate of drug-likeness (QED) is 0.445. The summed E-state index contributed by atoms with van der Waals surface area (Å²) < 4.78 is 0.414. The molecule has 1 saturated heterocycles. The van der Waals surface area contributed by atoms with Crippen molar-refractivity contribution >= 4 is 68.4 Å². The lowest BCUT2D eigenvalue weighted by Gasteiger charge is -2.22. The summed E-state index contributed by atoms with van der Waals surface area (Å²) in [7, 11) is 0. The Morgan fingerprint density at radius 2 is 2.14 bits per heavy atom. The van der Waals surface area contributed by atoms with Gasteiger partial charge in [0.05, 0.1) is 4.91 Å². The second-order valence-electron chi connectivity index (χ2n) is 6.64. The highest BCUT2D eigenvalue weighted by Gasteiger charge is 2.38. The van der Waals surface area contributed by atoms with Crippen molar-refractivity contribution in [2.75, 3.05) is 6.54 Å². The van der Waals surface area contributed by atoms with E-state index < -0.39 is 6.04 Å². The van der Waals surface area contributed by atoms with E-state index in [1.54, 1.807) is 18.3 Å². The molecule has 0 unspecified atom stereocenters. The average molecular weight is 442 g/mol. The Bertz CT molecular complexity index is 1100. The number of thiocarbonyl (C=S) groups is 1. The number of aromatic nitrogens is 1. The number of hydrogen-bond acceptors (Lipinski definition) is 5. The van der Waals surface area contributed by atoms with Gasteiger partial charge in [-0.1, -0.05) is 48.2 Å². The smallest absolute Gasteiger partial charge is 0.266 e. The molecule has 0 radical (unpaired) electrons. The molecule has 2 N–H and O–H groups in total. The van der Waals surface area contributed by atoms with Gasteiger partial charge >= 0.3 is 0 Å². The molecule has 0 saturated carbocycles. The largest absolute Gasteiger partial charge is 0.361 e. The first-order valence-corrected chi connectivity index (χ1v) is 11.3. The van der Waals surface area contributed by atoms with Crippen LogP contribution in [0.15, 0.2) is 52.9 Å². The van der Waals surface area contributed by atoms with E-state index in [2.05, 4.69) is 16.4 Å². The van der Waals surface area contributed by atoms with Crippen LogP contribution in [0.1, 0.15) is 17.4 Å². The molecular formula is C21H19N3O2S3. The van der Waals surface area contributed by atoms with E-state index in [9.17, 15) is 9.59 Å². The molecule has 8 heteroatoms. The van der Waals surface area contributed by atoms with Crippen LogP contribution in [0.2, 0.25) is 0 Å². The number of rotatable bonds is 6. The highest BCUT2D eigenvalue weighted by atomic mass is 32.2. The van der Waals surface area contributed by atoms with Gasteiger partial charge < -0.3 is 10.3 Å². The minimum atomic E-state index is -0.653. The van der Waals surface area contributed by atoms with E-state index in [0.29, 0.717) is 22.2 Å². The second kappa shape index (κ2) is 8.52. The van der Waals surface area contributed by atoms with Crippen molar-refractivity contribution in [3.63, 3.8) is 0 Å². The average Bonchev–Trinajstić information content (AvgIpc) is 3.43. The first kappa shape index (κ1) is 19.9. The second-order valence-corrected chi connectivity index (χ2v) is 9.30. The van der Waals surface area contributed by atoms with Crippen LogP contribution in [0.4, 0.5) is 0 Å². The molecule has 1 fully saturated rings. The molecule has 3 heterocycles. The van der Waals surface area contributed by atoms with Crippen molar-refractivity contribution in [2.45, 2.75) is 19.4 Å². The lowest BCUT2D eigenvalue weighted by molar-refractivity contribution is -0.132. The Kier molecular flexibility index (Phi) is 5.84. The third-order valence-corrected chi connectivity index (χ3v) is 6.93. The molecule has 29 heavy (non-hydrogen) atoms. The fourth-order valence-corrected chi connectivity index (χ4v) is 5.38. The Morgan fingerprint density at radius 1 is 1.31 bits per heavy atom. The van der Waals surface area contributed by atoms with Gasteiger partial charge in [-0.3, -0.25) is 14.5 Å². The number of fused-ring (bicyclic) bond motifs is 1. The van der Waals surface area contributed by atoms with E-state index in [1.807, 2.05) is 48.0 Å². The molecule has 2 amide bonds. The maximum absolute atomic E-state index is 12.8. The number of thiophene rings is 1. The summed E-state index contributed by atoms with van der Waals surface area (Å²) in [6.45, 7) is 2.20. The number of H-pyrrole nitrogens is 1. The van der Waals surface area contributed by atoms with Crippen molar-refractivity contribution in [1.82, 2.24) is 15.2 Å². The number of carbonyl (C=O) groups excluding carboxylic acids is 2. The normalized spacial score (nSPS) is 16.7. The minimum absolute atomic E-state index is 0.210. The van der Waals surface area contributed by atoms with Gasteiger partial charge in [0, 0.05) is 28.5 Å². The third kappa shape index (κ3) is 4.14. The minimum Gasteiger partial charge on any atom is -0.361 e. The van der Waals surface area contributed by atoms with Crippen molar-refractivity contribution in [1.29, 1.82) is 0 Å². The summed E-state index contributed by atoms with van der Waals surface area (Å²) >= 11 is 8.16. The number of hydrogen-bond donors (Lipinski definition) is 2. The Hall–Kier alpha value is -2.42. The maximum atomic E-state index is 12.8. The number of amides is 2. The summed E-state index contributed by atoms with van der Waals surface area (Å²) in [5, 5.41) is 6.04. The summed E-state index contributed by atoms with van der Waals surface area (Å²) in [4.78, 5) is 31.6. The Labute approximate surface area is 182 Å². The Morgan fingerprint density at radius 3 is 2.93 bits per heavy atom. The highest BCUT2D eigenvalue weighted by molar-refractivity contribution is 8.26. The van der Waals surface area contributed by atoms with Gasteiger partial charge in [-0.25, -0.2) is 0 Å². The zero-order valence-electron chi connectivity index (χ0n) is 15.7. The maximum Gasteiger partial charge on any atom is 0.266 e. The van der Waals surface area contributed by atoms with Gasteiger partial charge in [0.15, 0.2) is 0 Å². The number of aromatic amines is 1. The van der Waals surface area contributed by atoms with Crippen LogP contribution < -0.4 is 5.32 Å². The summed E-state index contributed by atoms with van der Waals surface area (Å²) in [5.74, 6) is -0.425. The van der Waals surface area contributed by atoms with Crippen LogP contribution in [0, 0.1) is 0 Å². The van der Waals surface area contributed by atoms with Crippen LogP contribution in [0.3, 0.4) is 0 Å². The van der Waals surface area contributed by atoms with E-state index in [4.69, 9.17) is 12.2 Å². The van der Waals surface area contributed by atoms with Crippen molar-refractivity contribution in [3.05, 3.63) is 63.3 Å². The molecule has 1 atom stereocenters. The summed E-state index contributed by atoms with van der Waals surface area (Å²) in [5.41, 5.74) is 2.23. The van der Waals surface area contributed by atoms with Crippen LogP contribution in [-0.4, -0.2) is 38.6 Å². The predicted molar refractivity (Wildman–Crippen MR) is 124 cm³/mol. The molecule has 1 aliphatic rings. The molecule has 2 aromatic heterocycles. The first-order valence-electron chi connectivity index (χ1n) is 9.18. The lowest BCUT2D eigenvalue weighted by Crippen LogP contribution is -2.47. The standard InChI is InChI=1S/C21H19N3O2S3/c1-13(24-20(26)18(29-21(24)27)11-15-5-4-10-28-15)19(25)22-9-8-14-12-23-17-7-3-2-6-16(14)17/h2-7,10-13,23H,8-9H2,1H3,(H,22,25)/b18-11+/t13-/m0/s1. The molecular weight excluding hydrogens is 422 g/mol. The van der Waals surface area contributed by atoms with E-state index >= 15 is 0 Å². The highest BCUT2D eigenvalue weighted by Crippen LogP contribution is 2.34. The molecule has 0 bridgehead atoms. The molecule has 0 spiro atoms. The van der Waals surface area contributed by atoms with Gasteiger partial charge in [0.25, 0.3) is 5.91 Å². The topological polar surface area (TPSA) is 65.2 Å². The van der Waals surface area contributed by atoms with Gasteiger partial charge in [0.2, 0.25) is 5.91 Å². The monoisotopic (exact) mass is 441 g/mol. The summed E-state index contributed by atoms with van der Waals surface area (Å²) in [6.07, 6.45) is 4.50. The number of para-hydroxylation sites is 1. The van der Waals surface area contributed by atoms with Gasteiger partial charge in [-0.05, 0) is 42.5 Å². The zero-order chi connectivity index (χ0) is 20.4. The lowest BCUT2D eigenvalue weighted by atomic mass is 10.1. The number of carbonyl (C=O) groups is 2. The third-order valence-electron chi connectivity index (χ3n) is 4.78. The van der Waals surface area contributed by atoms with Gasteiger partial charge in [0.1, 0.15) is 10.4 Å². The SMILES string of the molecule is C[C@@H](C(=O)NCCc1c[nH]c2ccccc12)N1C(=O)/C(=C\c2cccs2)SC1=S. The first-order chi connectivity index (χ1) is 14.0. The number of benzene rings is 1.